The van der Waals surface area contributed by atoms with Crippen molar-refractivity contribution in [2.45, 2.75) is 72.6 Å². The third-order valence-electron chi connectivity index (χ3n) is 8.26. The fourth-order valence-corrected chi connectivity index (χ4v) is 6.92. The second-order valence-electron chi connectivity index (χ2n) is 9.04. The molecule has 4 rings (SSSR count). The number of fused-ring (bicyclic) bond motifs is 5. The average molecular weight is 327 g/mol. The molecule has 0 aromatic carbocycles. The van der Waals surface area contributed by atoms with Crippen LogP contribution in [-0.2, 0) is 4.74 Å². The first-order chi connectivity index (χ1) is 11.5. The van der Waals surface area contributed by atoms with Gasteiger partial charge in [0.25, 0.3) is 0 Å². The Hall–Kier alpha value is -0.980. The van der Waals surface area contributed by atoms with Crippen molar-refractivity contribution in [1.29, 1.82) is 0 Å². The van der Waals surface area contributed by atoms with Gasteiger partial charge in [0.05, 0.1) is 12.4 Å². The van der Waals surface area contributed by atoms with Crippen LogP contribution in [0.3, 0.4) is 0 Å². The first-order valence-corrected chi connectivity index (χ1v) is 10.2. The number of hydrogen-bond donors (Lipinski definition) is 0. The molecule has 0 saturated heterocycles. The van der Waals surface area contributed by atoms with Crippen molar-refractivity contribution in [1.82, 2.24) is 0 Å². The Kier molecular flexibility index (Phi) is 3.97. The van der Waals surface area contributed by atoms with E-state index < -0.39 is 0 Å². The SMILES string of the molecule is C/C=C1/CCC2C3CC=C4C=C(OCC)CC[C@]4(C)C3CC[C@]12C. The van der Waals surface area contributed by atoms with Gasteiger partial charge >= 0.3 is 0 Å². The molecule has 0 spiro atoms. The third-order valence-corrected chi connectivity index (χ3v) is 8.26. The van der Waals surface area contributed by atoms with E-state index in [0.717, 1.165) is 30.8 Å². The number of rotatable bonds is 2. The fourth-order valence-electron chi connectivity index (χ4n) is 6.92. The van der Waals surface area contributed by atoms with Gasteiger partial charge in [-0.2, -0.15) is 0 Å². The van der Waals surface area contributed by atoms with Crippen LogP contribution in [0, 0.1) is 28.6 Å². The molecule has 2 fully saturated rings. The molecule has 2 saturated carbocycles. The Morgan fingerprint density at radius 2 is 1.92 bits per heavy atom. The highest BCUT2D eigenvalue weighted by molar-refractivity contribution is 5.36. The molecule has 1 heteroatoms. The Morgan fingerprint density at radius 1 is 1.12 bits per heavy atom. The molecule has 0 aromatic heterocycles. The minimum Gasteiger partial charge on any atom is -0.498 e. The van der Waals surface area contributed by atoms with Crippen molar-refractivity contribution in [3.63, 3.8) is 0 Å². The molecule has 0 heterocycles. The molecule has 0 radical (unpaired) electrons. The van der Waals surface area contributed by atoms with E-state index in [4.69, 9.17) is 4.74 Å². The standard InChI is InChI=1S/C23H34O/c1-5-16-8-10-20-19-9-7-17-15-18(24-6-2)11-13-23(17,4)21(19)12-14-22(16,20)3/h5,7,15,19-21H,6,8-14H2,1-4H3/b16-5-/t19?,20?,21?,22-,23+/m1/s1. The fraction of sp³-hybridized carbons (Fsp3) is 0.739. The van der Waals surface area contributed by atoms with Gasteiger partial charge in [-0.25, -0.2) is 0 Å². The van der Waals surface area contributed by atoms with E-state index in [1.165, 1.54) is 44.3 Å². The van der Waals surface area contributed by atoms with Gasteiger partial charge in [-0.15, -0.1) is 0 Å². The monoisotopic (exact) mass is 326 g/mol. The zero-order chi connectivity index (χ0) is 16.9. The van der Waals surface area contributed by atoms with Crippen molar-refractivity contribution in [3.05, 3.63) is 35.1 Å². The van der Waals surface area contributed by atoms with Crippen LogP contribution >= 0.6 is 0 Å². The van der Waals surface area contributed by atoms with E-state index in [-0.39, 0.29) is 0 Å². The van der Waals surface area contributed by atoms with Crippen LogP contribution in [0.4, 0.5) is 0 Å². The predicted octanol–water partition coefficient (Wildman–Crippen LogP) is 6.43. The Morgan fingerprint density at radius 3 is 2.67 bits per heavy atom. The lowest BCUT2D eigenvalue weighted by atomic mass is 9.48. The molecule has 132 valence electrons. The normalized spacial score (nSPS) is 45.8. The number of allylic oxidation sites excluding steroid dienone is 6. The zero-order valence-corrected chi connectivity index (χ0v) is 16.0. The first kappa shape index (κ1) is 16.5. The summed E-state index contributed by atoms with van der Waals surface area (Å²) in [7, 11) is 0. The average Bonchev–Trinajstić information content (AvgIpc) is 2.92. The van der Waals surface area contributed by atoms with Gasteiger partial charge in [0.1, 0.15) is 0 Å². The Balaban J connectivity index is 1.66. The van der Waals surface area contributed by atoms with Crippen LogP contribution in [0.1, 0.15) is 72.6 Å². The van der Waals surface area contributed by atoms with Crippen LogP contribution in [0.25, 0.3) is 0 Å². The smallest absolute Gasteiger partial charge is 0.0962 e. The summed E-state index contributed by atoms with van der Waals surface area (Å²) in [6, 6.07) is 0. The minimum absolute atomic E-state index is 0.392. The maximum absolute atomic E-state index is 5.84. The van der Waals surface area contributed by atoms with Gasteiger partial charge in [-0.1, -0.05) is 31.6 Å². The van der Waals surface area contributed by atoms with Crippen molar-refractivity contribution >= 4 is 0 Å². The molecule has 0 bridgehead atoms. The van der Waals surface area contributed by atoms with Crippen LogP contribution in [0.2, 0.25) is 0 Å². The summed E-state index contributed by atoms with van der Waals surface area (Å²) in [6.07, 6.45) is 16.7. The molecule has 0 N–H and O–H groups in total. The van der Waals surface area contributed by atoms with Crippen molar-refractivity contribution in [3.8, 4) is 0 Å². The molecule has 1 nitrogen and oxygen atoms in total. The molecule has 0 aliphatic heterocycles. The van der Waals surface area contributed by atoms with Gasteiger partial charge in [0.2, 0.25) is 0 Å². The van der Waals surface area contributed by atoms with E-state index >= 15 is 0 Å². The van der Waals surface area contributed by atoms with Crippen molar-refractivity contribution in [2.75, 3.05) is 6.61 Å². The summed E-state index contributed by atoms with van der Waals surface area (Å²) in [5.74, 6) is 3.91. The molecular weight excluding hydrogens is 292 g/mol. The largest absolute Gasteiger partial charge is 0.498 e. The van der Waals surface area contributed by atoms with Crippen molar-refractivity contribution < 1.29 is 4.74 Å². The number of hydrogen-bond acceptors (Lipinski definition) is 1. The van der Waals surface area contributed by atoms with Crippen LogP contribution in [0.5, 0.6) is 0 Å². The first-order valence-electron chi connectivity index (χ1n) is 10.2. The van der Waals surface area contributed by atoms with Crippen LogP contribution in [0.15, 0.2) is 35.1 Å². The lowest BCUT2D eigenvalue weighted by molar-refractivity contribution is -0.00881. The van der Waals surface area contributed by atoms with Gasteiger partial charge in [0.15, 0.2) is 0 Å². The van der Waals surface area contributed by atoms with Gasteiger partial charge in [0, 0.05) is 6.42 Å². The Labute approximate surface area is 148 Å². The zero-order valence-electron chi connectivity index (χ0n) is 16.0. The third kappa shape index (κ3) is 2.19. The highest BCUT2D eigenvalue weighted by Gasteiger charge is 2.56. The summed E-state index contributed by atoms with van der Waals surface area (Å²) in [5, 5.41) is 0. The quantitative estimate of drug-likeness (QED) is 0.532. The van der Waals surface area contributed by atoms with E-state index in [9.17, 15) is 0 Å². The highest BCUT2D eigenvalue weighted by atomic mass is 16.5. The van der Waals surface area contributed by atoms with E-state index in [1.807, 2.05) is 0 Å². The highest BCUT2D eigenvalue weighted by Crippen LogP contribution is 2.65. The second kappa shape index (κ2) is 5.78. The maximum Gasteiger partial charge on any atom is 0.0962 e. The predicted molar refractivity (Wildman–Crippen MR) is 101 cm³/mol. The topological polar surface area (TPSA) is 9.23 Å². The minimum atomic E-state index is 0.392. The van der Waals surface area contributed by atoms with E-state index in [0.29, 0.717) is 10.8 Å². The van der Waals surface area contributed by atoms with E-state index in [1.54, 1.807) is 11.1 Å². The summed E-state index contributed by atoms with van der Waals surface area (Å²) >= 11 is 0. The van der Waals surface area contributed by atoms with Crippen LogP contribution < -0.4 is 0 Å². The Bertz CT molecular complexity index is 610. The summed E-state index contributed by atoms with van der Waals surface area (Å²) in [5.41, 5.74) is 4.24. The molecule has 0 aromatic rings. The lowest BCUT2D eigenvalue weighted by Gasteiger charge is -2.56. The molecule has 4 aliphatic carbocycles. The molecule has 5 atom stereocenters. The summed E-state index contributed by atoms with van der Waals surface area (Å²) < 4.78 is 5.84. The number of ether oxygens (including phenoxy) is 1. The summed E-state index contributed by atoms with van der Waals surface area (Å²) in [4.78, 5) is 0. The van der Waals surface area contributed by atoms with Crippen LogP contribution in [-0.4, -0.2) is 6.61 Å². The molecule has 24 heavy (non-hydrogen) atoms. The molecule has 3 unspecified atom stereocenters. The lowest BCUT2D eigenvalue weighted by Crippen LogP contribution is -2.48. The molecule has 0 amide bonds. The van der Waals surface area contributed by atoms with Gasteiger partial charge < -0.3 is 4.74 Å². The molecule has 4 aliphatic rings. The van der Waals surface area contributed by atoms with Gasteiger partial charge in [-0.3, -0.25) is 0 Å². The van der Waals surface area contributed by atoms with Gasteiger partial charge in [-0.05, 0) is 92.6 Å². The maximum atomic E-state index is 5.84. The summed E-state index contributed by atoms with van der Waals surface area (Å²) in [6.45, 7) is 10.3. The molecular formula is C23H34O. The van der Waals surface area contributed by atoms with Crippen molar-refractivity contribution in [2.24, 2.45) is 28.6 Å². The second-order valence-corrected chi connectivity index (χ2v) is 9.04. The van der Waals surface area contributed by atoms with E-state index in [2.05, 4.69) is 45.9 Å².